The number of benzene rings is 2. The Morgan fingerprint density at radius 1 is 1.11 bits per heavy atom. The molecule has 0 aliphatic carbocycles. The van der Waals surface area contributed by atoms with E-state index in [-0.39, 0.29) is 19.2 Å². The van der Waals surface area contributed by atoms with Crippen LogP contribution in [0.4, 0.5) is 28.0 Å². The predicted molar refractivity (Wildman–Crippen MR) is 138 cm³/mol. The lowest BCUT2D eigenvalue weighted by atomic mass is 10.3. The fraction of sp³-hybridized carbons (Fsp3) is 0.240. The molecule has 186 valence electrons. The molecule has 5 rings (SSSR count). The molecule has 11 heteroatoms. The number of aliphatic hydroxyl groups excluding tert-OH is 1. The summed E-state index contributed by atoms with van der Waals surface area (Å²) in [5, 5.41) is 15.3. The van der Waals surface area contributed by atoms with Crippen LogP contribution in [0.1, 0.15) is 0 Å². The van der Waals surface area contributed by atoms with E-state index in [2.05, 4.69) is 25.5 Å². The Bertz CT molecular complexity index is 1310. The number of rotatable bonds is 7. The van der Waals surface area contributed by atoms with E-state index in [1.807, 2.05) is 36.4 Å². The summed E-state index contributed by atoms with van der Waals surface area (Å²) >= 11 is 6.23. The number of oxazole rings is 1. The summed E-state index contributed by atoms with van der Waals surface area (Å²) in [6, 6.07) is 16.6. The molecule has 2 aromatic heterocycles. The van der Waals surface area contributed by atoms with Crippen LogP contribution in [-0.4, -0.2) is 65.4 Å². The lowest BCUT2D eigenvalue weighted by molar-refractivity contribution is 0.201. The standard InChI is InChI=1S/C25H25ClN6O4/c26-19-7-6-18(35-14-13-33)15-21(19)30-25(34)32-11-9-31(10-12-32)23-8-5-17(16-27-23)28-24-29-20-3-1-2-4-22(20)36-24/h1-8,15-16,33H,9-14H2,(H,28,29)(H,30,34). The maximum Gasteiger partial charge on any atom is 0.322 e. The van der Waals surface area contributed by atoms with Gasteiger partial charge in [0, 0.05) is 32.2 Å². The second-order valence-corrected chi connectivity index (χ2v) is 8.54. The van der Waals surface area contributed by atoms with Crippen molar-refractivity contribution in [1.29, 1.82) is 0 Å². The van der Waals surface area contributed by atoms with Gasteiger partial charge in [0.2, 0.25) is 0 Å². The number of fused-ring (bicyclic) bond motifs is 1. The highest BCUT2D eigenvalue weighted by atomic mass is 35.5. The van der Waals surface area contributed by atoms with Crippen molar-refractivity contribution in [3.63, 3.8) is 0 Å². The molecule has 0 atom stereocenters. The summed E-state index contributed by atoms with van der Waals surface area (Å²) in [5.41, 5.74) is 2.74. The number of piperazine rings is 1. The fourth-order valence-corrected chi connectivity index (χ4v) is 4.05. The highest BCUT2D eigenvalue weighted by Crippen LogP contribution is 2.28. The van der Waals surface area contributed by atoms with Crippen LogP contribution in [0.15, 0.2) is 65.2 Å². The van der Waals surface area contributed by atoms with Crippen molar-refractivity contribution in [3.8, 4) is 5.75 Å². The molecule has 4 aromatic rings. The highest BCUT2D eigenvalue weighted by Gasteiger charge is 2.22. The number of aromatic nitrogens is 2. The minimum atomic E-state index is -0.235. The summed E-state index contributed by atoms with van der Waals surface area (Å²) in [4.78, 5) is 25.6. The van der Waals surface area contributed by atoms with Crippen molar-refractivity contribution < 1.29 is 19.1 Å². The number of halogens is 1. The summed E-state index contributed by atoms with van der Waals surface area (Å²) < 4.78 is 11.1. The molecule has 3 heterocycles. The van der Waals surface area contributed by atoms with E-state index in [1.165, 1.54) is 0 Å². The maximum absolute atomic E-state index is 12.8. The smallest absolute Gasteiger partial charge is 0.322 e. The minimum absolute atomic E-state index is 0.0960. The molecule has 0 saturated carbocycles. The Morgan fingerprint density at radius 3 is 2.69 bits per heavy atom. The number of aliphatic hydroxyl groups is 1. The molecule has 0 radical (unpaired) electrons. The second kappa shape index (κ2) is 10.7. The van der Waals surface area contributed by atoms with Gasteiger partial charge in [0.1, 0.15) is 23.7 Å². The molecule has 1 aliphatic rings. The monoisotopic (exact) mass is 508 g/mol. The zero-order valence-electron chi connectivity index (χ0n) is 19.4. The number of carbonyl (C=O) groups excluding carboxylic acids is 1. The van der Waals surface area contributed by atoms with E-state index in [0.29, 0.717) is 48.7 Å². The van der Waals surface area contributed by atoms with Gasteiger partial charge in [0.15, 0.2) is 5.58 Å². The first-order valence-electron chi connectivity index (χ1n) is 11.5. The molecule has 0 unspecified atom stereocenters. The van der Waals surface area contributed by atoms with Gasteiger partial charge in [0.25, 0.3) is 6.01 Å². The summed E-state index contributed by atoms with van der Waals surface area (Å²) in [6.45, 7) is 2.43. The van der Waals surface area contributed by atoms with Crippen LogP contribution < -0.4 is 20.3 Å². The average molecular weight is 509 g/mol. The summed E-state index contributed by atoms with van der Waals surface area (Å²) in [5.74, 6) is 1.35. The van der Waals surface area contributed by atoms with E-state index >= 15 is 0 Å². The Hall–Kier alpha value is -4.02. The normalized spacial score (nSPS) is 13.6. The zero-order valence-corrected chi connectivity index (χ0v) is 20.1. The molecule has 0 spiro atoms. The summed E-state index contributed by atoms with van der Waals surface area (Å²) in [7, 11) is 0. The lowest BCUT2D eigenvalue weighted by Crippen LogP contribution is -2.50. The highest BCUT2D eigenvalue weighted by molar-refractivity contribution is 6.33. The van der Waals surface area contributed by atoms with E-state index in [1.54, 1.807) is 29.3 Å². The van der Waals surface area contributed by atoms with Crippen molar-refractivity contribution in [2.75, 3.05) is 54.9 Å². The third-order valence-corrected chi connectivity index (χ3v) is 6.05. The Balaban J connectivity index is 1.15. The number of amides is 2. The van der Waals surface area contributed by atoms with Gasteiger partial charge < -0.3 is 34.7 Å². The molecule has 1 fully saturated rings. The topological polar surface area (TPSA) is 116 Å². The lowest BCUT2D eigenvalue weighted by Gasteiger charge is -2.35. The Labute approximate surface area is 212 Å². The molecule has 36 heavy (non-hydrogen) atoms. The first kappa shape index (κ1) is 23.7. The van der Waals surface area contributed by atoms with Crippen LogP contribution in [0.3, 0.4) is 0 Å². The Morgan fingerprint density at radius 2 is 1.94 bits per heavy atom. The van der Waals surface area contributed by atoms with Crippen LogP contribution in [0, 0.1) is 0 Å². The van der Waals surface area contributed by atoms with Crippen molar-refractivity contribution in [2.45, 2.75) is 0 Å². The van der Waals surface area contributed by atoms with Gasteiger partial charge in [-0.3, -0.25) is 0 Å². The third kappa shape index (κ3) is 5.45. The van der Waals surface area contributed by atoms with Crippen molar-refractivity contribution >= 4 is 51.9 Å². The van der Waals surface area contributed by atoms with Gasteiger partial charge in [-0.05, 0) is 36.4 Å². The number of ether oxygens (including phenoxy) is 1. The Kier molecular flexibility index (Phi) is 7.06. The first-order valence-corrected chi connectivity index (χ1v) is 11.9. The van der Waals surface area contributed by atoms with Crippen molar-refractivity contribution in [3.05, 3.63) is 65.8 Å². The van der Waals surface area contributed by atoms with E-state index in [9.17, 15) is 4.79 Å². The van der Waals surface area contributed by atoms with Gasteiger partial charge in [-0.2, -0.15) is 4.98 Å². The molecular weight excluding hydrogens is 484 g/mol. The van der Waals surface area contributed by atoms with Crippen LogP contribution >= 0.6 is 11.6 Å². The third-order valence-electron chi connectivity index (χ3n) is 5.72. The molecule has 0 bridgehead atoms. The minimum Gasteiger partial charge on any atom is -0.491 e. The van der Waals surface area contributed by atoms with Crippen LogP contribution in [0.25, 0.3) is 11.1 Å². The number of para-hydroxylation sites is 2. The van der Waals surface area contributed by atoms with Crippen molar-refractivity contribution in [2.24, 2.45) is 0 Å². The van der Waals surface area contributed by atoms with Crippen LogP contribution in [-0.2, 0) is 0 Å². The fourth-order valence-electron chi connectivity index (χ4n) is 3.88. The van der Waals surface area contributed by atoms with Crippen LogP contribution in [0.2, 0.25) is 5.02 Å². The molecule has 1 saturated heterocycles. The molecule has 1 aliphatic heterocycles. The predicted octanol–water partition coefficient (Wildman–Crippen LogP) is 4.35. The van der Waals surface area contributed by atoms with Crippen molar-refractivity contribution in [1.82, 2.24) is 14.9 Å². The number of hydrogen-bond acceptors (Lipinski definition) is 8. The van der Waals surface area contributed by atoms with Gasteiger partial charge in [-0.1, -0.05) is 23.7 Å². The van der Waals surface area contributed by atoms with E-state index < -0.39 is 0 Å². The van der Waals surface area contributed by atoms with E-state index in [0.717, 1.165) is 22.6 Å². The average Bonchev–Trinajstić information content (AvgIpc) is 3.32. The molecular formula is C25H25ClN6O4. The SMILES string of the molecule is O=C(Nc1cc(OCCO)ccc1Cl)N1CCN(c2ccc(Nc3nc4ccccc4o3)cn2)CC1. The van der Waals surface area contributed by atoms with Gasteiger partial charge in [-0.15, -0.1) is 0 Å². The number of anilines is 4. The first-order chi connectivity index (χ1) is 17.6. The number of urea groups is 1. The number of nitrogens with zero attached hydrogens (tertiary/aromatic N) is 4. The molecule has 10 nitrogen and oxygen atoms in total. The quantitative estimate of drug-likeness (QED) is 0.337. The van der Waals surface area contributed by atoms with Gasteiger partial charge >= 0.3 is 6.03 Å². The van der Waals surface area contributed by atoms with Gasteiger partial charge in [0.05, 0.1) is 29.2 Å². The summed E-state index contributed by atoms with van der Waals surface area (Å²) in [6.07, 6.45) is 1.73. The largest absolute Gasteiger partial charge is 0.491 e. The molecule has 2 amide bonds. The second-order valence-electron chi connectivity index (χ2n) is 8.13. The molecule has 3 N–H and O–H groups in total. The molecule has 2 aromatic carbocycles. The zero-order chi connectivity index (χ0) is 24.9. The number of hydrogen-bond donors (Lipinski definition) is 3. The number of pyridine rings is 1. The van der Waals surface area contributed by atoms with E-state index in [4.69, 9.17) is 25.9 Å². The maximum atomic E-state index is 12.8. The van der Waals surface area contributed by atoms with Crippen LogP contribution in [0.5, 0.6) is 5.75 Å². The number of carbonyl (C=O) groups is 1. The van der Waals surface area contributed by atoms with Gasteiger partial charge in [-0.25, -0.2) is 9.78 Å². The number of nitrogens with one attached hydrogen (secondary N) is 2.